The molecule has 4 heteroatoms. The molecule has 0 unspecified atom stereocenters. The number of aromatic amines is 1. The van der Waals surface area contributed by atoms with Crippen molar-refractivity contribution in [2.75, 3.05) is 0 Å². The molecule has 3 nitrogen and oxygen atoms in total. The molecule has 0 atom stereocenters. The first kappa shape index (κ1) is 12.8. The molecular weight excluding hydrogens is 272 g/mol. The van der Waals surface area contributed by atoms with Crippen molar-refractivity contribution in [1.82, 2.24) is 4.98 Å². The van der Waals surface area contributed by atoms with Gasteiger partial charge in [0.25, 0.3) is 0 Å². The number of halogens is 1. The zero-order chi connectivity index (χ0) is 14.1. The van der Waals surface area contributed by atoms with Crippen LogP contribution in [-0.4, -0.2) is 10.9 Å². The first-order valence-corrected chi connectivity index (χ1v) is 6.67. The van der Waals surface area contributed by atoms with E-state index in [1.807, 2.05) is 48.5 Å². The third-order valence-corrected chi connectivity index (χ3v) is 3.55. The van der Waals surface area contributed by atoms with E-state index in [2.05, 4.69) is 4.98 Å². The maximum absolute atomic E-state index is 11.3. The molecule has 0 saturated heterocycles. The summed E-state index contributed by atoms with van der Waals surface area (Å²) in [6.45, 7) is 0. The molecule has 0 bridgehead atoms. The molecule has 20 heavy (non-hydrogen) atoms. The van der Waals surface area contributed by atoms with Crippen molar-refractivity contribution in [2.45, 2.75) is 6.42 Å². The number of primary amides is 1. The molecule has 0 aliphatic rings. The minimum atomic E-state index is -0.343. The zero-order valence-corrected chi connectivity index (χ0v) is 11.4. The van der Waals surface area contributed by atoms with Crippen LogP contribution in [0.1, 0.15) is 5.56 Å². The molecule has 1 heterocycles. The fourth-order valence-electron chi connectivity index (χ4n) is 2.42. The molecule has 0 aliphatic carbocycles. The standard InChI is InChI=1S/C16H13ClN2O/c17-11-7-5-10(6-8-11)16-13(9-15(18)20)12-3-1-2-4-14(12)19-16/h1-8,19H,9H2,(H2,18,20). The Labute approximate surface area is 121 Å². The fourth-order valence-corrected chi connectivity index (χ4v) is 2.55. The van der Waals surface area contributed by atoms with Crippen molar-refractivity contribution in [3.63, 3.8) is 0 Å². The molecule has 1 aromatic heterocycles. The van der Waals surface area contributed by atoms with Crippen molar-refractivity contribution in [1.29, 1.82) is 0 Å². The van der Waals surface area contributed by atoms with Crippen LogP contribution in [-0.2, 0) is 11.2 Å². The number of carbonyl (C=O) groups is 1. The summed E-state index contributed by atoms with van der Waals surface area (Å²) < 4.78 is 0. The average Bonchev–Trinajstić information content (AvgIpc) is 2.78. The summed E-state index contributed by atoms with van der Waals surface area (Å²) in [5.74, 6) is -0.343. The summed E-state index contributed by atoms with van der Waals surface area (Å²) in [5.41, 5.74) is 9.20. The summed E-state index contributed by atoms with van der Waals surface area (Å²) in [7, 11) is 0. The molecule has 0 saturated carbocycles. The number of fused-ring (bicyclic) bond motifs is 1. The highest BCUT2D eigenvalue weighted by atomic mass is 35.5. The molecule has 0 radical (unpaired) electrons. The van der Waals surface area contributed by atoms with Gasteiger partial charge in [0.2, 0.25) is 5.91 Å². The predicted molar refractivity (Wildman–Crippen MR) is 81.6 cm³/mol. The number of carbonyl (C=O) groups excluding carboxylic acids is 1. The smallest absolute Gasteiger partial charge is 0.221 e. The molecule has 0 aliphatic heterocycles. The van der Waals surface area contributed by atoms with Gasteiger partial charge in [0, 0.05) is 15.9 Å². The van der Waals surface area contributed by atoms with Crippen LogP contribution < -0.4 is 5.73 Å². The largest absolute Gasteiger partial charge is 0.369 e. The van der Waals surface area contributed by atoms with Gasteiger partial charge in [-0.2, -0.15) is 0 Å². The van der Waals surface area contributed by atoms with Crippen molar-refractivity contribution < 1.29 is 4.79 Å². The lowest BCUT2D eigenvalue weighted by molar-refractivity contribution is -0.117. The second-order valence-corrected chi connectivity index (χ2v) is 5.11. The Morgan fingerprint density at radius 2 is 1.80 bits per heavy atom. The third-order valence-electron chi connectivity index (χ3n) is 3.30. The highest BCUT2D eigenvalue weighted by Crippen LogP contribution is 2.31. The molecule has 3 rings (SSSR count). The first-order valence-electron chi connectivity index (χ1n) is 6.29. The SMILES string of the molecule is NC(=O)Cc1c(-c2ccc(Cl)cc2)[nH]c2ccccc12. The van der Waals surface area contributed by atoms with E-state index in [9.17, 15) is 4.79 Å². The Balaban J connectivity index is 2.23. The summed E-state index contributed by atoms with van der Waals surface area (Å²) in [6, 6.07) is 15.4. The predicted octanol–water partition coefficient (Wildman–Crippen LogP) is 3.52. The molecular formula is C16H13ClN2O. The van der Waals surface area contributed by atoms with E-state index in [1.54, 1.807) is 0 Å². The average molecular weight is 285 g/mol. The number of nitrogens with one attached hydrogen (secondary N) is 1. The van der Waals surface area contributed by atoms with E-state index >= 15 is 0 Å². The molecule has 3 N–H and O–H groups in total. The van der Waals surface area contributed by atoms with E-state index in [0.717, 1.165) is 27.7 Å². The van der Waals surface area contributed by atoms with Crippen LogP contribution in [0, 0.1) is 0 Å². The maximum atomic E-state index is 11.3. The van der Waals surface area contributed by atoms with Crippen LogP contribution in [0.4, 0.5) is 0 Å². The second kappa shape index (κ2) is 5.02. The summed E-state index contributed by atoms with van der Waals surface area (Å²) in [6.07, 6.45) is 0.210. The lowest BCUT2D eigenvalue weighted by Crippen LogP contribution is -2.13. The second-order valence-electron chi connectivity index (χ2n) is 4.67. The Morgan fingerprint density at radius 3 is 2.50 bits per heavy atom. The van der Waals surface area contributed by atoms with Gasteiger partial charge in [0.05, 0.1) is 12.1 Å². The minimum absolute atomic E-state index is 0.210. The van der Waals surface area contributed by atoms with E-state index in [4.69, 9.17) is 17.3 Å². The Hall–Kier alpha value is -2.26. The van der Waals surface area contributed by atoms with Gasteiger partial charge in [-0.15, -0.1) is 0 Å². The fraction of sp³-hybridized carbons (Fsp3) is 0.0625. The van der Waals surface area contributed by atoms with Crippen LogP contribution in [0.3, 0.4) is 0 Å². The topological polar surface area (TPSA) is 58.9 Å². The van der Waals surface area contributed by atoms with Crippen LogP contribution in [0.25, 0.3) is 22.2 Å². The van der Waals surface area contributed by atoms with Crippen LogP contribution in [0.2, 0.25) is 5.02 Å². The molecule has 2 aromatic carbocycles. The number of aromatic nitrogens is 1. The van der Waals surface area contributed by atoms with Crippen molar-refractivity contribution in [3.8, 4) is 11.3 Å². The number of benzene rings is 2. The van der Waals surface area contributed by atoms with E-state index in [1.165, 1.54) is 0 Å². The van der Waals surface area contributed by atoms with Crippen molar-refractivity contribution in [3.05, 3.63) is 59.1 Å². The number of hydrogen-bond acceptors (Lipinski definition) is 1. The monoisotopic (exact) mass is 284 g/mol. The van der Waals surface area contributed by atoms with Gasteiger partial charge in [-0.3, -0.25) is 4.79 Å². The highest BCUT2D eigenvalue weighted by molar-refractivity contribution is 6.30. The van der Waals surface area contributed by atoms with Gasteiger partial charge in [-0.05, 0) is 29.3 Å². The number of nitrogens with two attached hydrogens (primary N) is 1. The highest BCUT2D eigenvalue weighted by Gasteiger charge is 2.14. The lowest BCUT2D eigenvalue weighted by atomic mass is 10.0. The summed E-state index contributed by atoms with van der Waals surface area (Å²) >= 11 is 5.92. The van der Waals surface area contributed by atoms with Gasteiger partial charge in [0.15, 0.2) is 0 Å². The Morgan fingerprint density at radius 1 is 1.10 bits per heavy atom. The third kappa shape index (κ3) is 2.28. The van der Waals surface area contributed by atoms with E-state index in [0.29, 0.717) is 5.02 Å². The molecule has 1 amide bonds. The first-order chi connectivity index (χ1) is 9.65. The summed E-state index contributed by atoms with van der Waals surface area (Å²) in [5, 5.41) is 1.71. The number of rotatable bonds is 3. The molecule has 3 aromatic rings. The van der Waals surface area contributed by atoms with Crippen LogP contribution in [0.15, 0.2) is 48.5 Å². The number of para-hydroxylation sites is 1. The van der Waals surface area contributed by atoms with E-state index in [-0.39, 0.29) is 12.3 Å². The van der Waals surface area contributed by atoms with Crippen molar-refractivity contribution in [2.24, 2.45) is 5.73 Å². The maximum Gasteiger partial charge on any atom is 0.221 e. The molecule has 0 spiro atoms. The zero-order valence-electron chi connectivity index (χ0n) is 10.7. The number of amides is 1. The summed E-state index contributed by atoms with van der Waals surface area (Å²) in [4.78, 5) is 14.7. The Kier molecular flexibility index (Phi) is 3.20. The quantitative estimate of drug-likeness (QED) is 0.759. The number of H-pyrrole nitrogens is 1. The molecule has 100 valence electrons. The van der Waals surface area contributed by atoms with Crippen molar-refractivity contribution >= 4 is 28.4 Å². The van der Waals surface area contributed by atoms with Gasteiger partial charge in [-0.25, -0.2) is 0 Å². The van der Waals surface area contributed by atoms with Gasteiger partial charge in [0.1, 0.15) is 0 Å². The minimum Gasteiger partial charge on any atom is -0.369 e. The lowest BCUT2D eigenvalue weighted by Gasteiger charge is -2.03. The van der Waals surface area contributed by atoms with Crippen LogP contribution in [0.5, 0.6) is 0 Å². The Bertz CT molecular complexity index is 775. The van der Waals surface area contributed by atoms with Gasteiger partial charge in [-0.1, -0.05) is 41.9 Å². The van der Waals surface area contributed by atoms with E-state index < -0.39 is 0 Å². The van der Waals surface area contributed by atoms with Gasteiger partial charge >= 0.3 is 0 Å². The van der Waals surface area contributed by atoms with Gasteiger partial charge < -0.3 is 10.7 Å². The normalized spacial score (nSPS) is 10.8. The molecule has 0 fully saturated rings. The van der Waals surface area contributed by atoms with Crippen LogP contribution >= 0.6 is 11.6 Å². The number of hydrogen-bond donors (Lipinski definition) is 2.